The third-order valence-corrected chi connectivity index (χ3v) is 6.03. The molecule has 0 unspecified atom stereocenters. The summed E-state index contributed by atoms with van der Waals surface area (Å²) in [5.41, 5.74) is 3.97. The van der Waals surface area contributed by atoms with Crippen LogP contribution in [0.2, 0.25) is 0 Å². The van der Waals surface area contributed by atoms with Crippen molar-refractivity contribution >= 4 is 23.4 Å². The van der Waals surface area contributed by atoms with Gasteiger partial charge >= 0.3 is 0 Å². The minimum absolute atomic E-state index is 0.0653. The molecule has 4 heteroatoms. The number of anilines is 2. The fourth-order valence-corrected chi connectivity index (χ4v) is 4.38. The molecule has 0 aromatic heterocycles. The van der Waals surface area contributed by atoms with Gasteiger partial charge in [-0.05, 0) is 35.4 Å². The summed E-state index contributed by atoms with van der Waals surface area (Å²) in [4.78, 5) is 16.6. The molecule has 0 radical (unpaired) electrons. The molecule has 1 atom stereocenters. The zero-order chi connectivity index (χ0) is 19.9. The molecule has 1 amide bonds. The van der Waals surface area contributed by atoms with Crippen LogP contribution in [-0.4, -0.2) is 32.2 Å². The summed E-state index contributed by atoms with van der Waals surface area (Å²) in [6.07, 6.45) is 8.30. The lowest BCUT2D eigenvalue weighted by Crippen LogP contribution is -2.58. The molecule has 2 aliphatic heterocycles. The van der Waals surface area contributed by atoms with Gasteiger partial charge in [-0.2, -0.15) is 0 Å². The molecular weight excluding hydrogens is 346 g/mol. The lowest BCUT2D eigenvalue weighted by molar-refractivity contribution is -0.118. The fraction of sp³-hybridized carbons (Fsp3) is 0.292. The molecule has 0 bridgehead atoms. The molecule has 28 heavy (non-hydrogen) atoms. The van der Waals surface area contributed by atoms with Crippen molar-refractivity contribution in [1.29, 1.82) is 0 Å². The van der Waals surface area contributed by atoms with Gasteiger partial charge in [-0.1, -0.05) is 62.4 Å². The number of nitrogens with one attached hydrogen (secondary N) is 1. The molecule has 144 valence electrons. The molecule has 0 aliphatic carbocycles. The largest absolute Gasteiger partial charge is 0.378 e. The number of fused-ring (bicyclic) bond motifs is 3. The highest BCUT2D eigenvalue weighted by Crippen LogP contribution is 2.52. The molecule has 4 nitrogen and oxygen atoms in total. The highest BCUT2D eigenvalue weighted by atomic mass is 16.2. The lowest BCUT2D eigenvalue weighted by Gasteiger charge is -2.40. The first-order chi connectivity index (χ1) is 13.3. The van der Waals surface area contributed by atoms with E-state index in [0.29, 0.717) is 6.54 Å². The van der Waals surface area contributed by atoms with Crippen molar-refractivity contribution in [1.82, 2.24) is 5.32 Å². The first-order valence-corrected chi connectivity index (χ1v) is 9.67. The summed E-state index contributed by atoms with van der Waals surface area (Å²) in [5.74, 6) is 0.0653. The summed E-state index contributed by atoms with van der Waals surface area (Å²) < 4.78 is 0. The van der Waals surface area contributed by atoms with E-state index in [-0.39, 0.29) is 11.3 Å². The van der Waals surface area contributed by atoms with E-state index in [4.69, 9.17) is 0 Å². The Kier molecular flexibility index (Phi) is 4.30. The Hall–Kier alpha value is -3.01. The molecule has 2 aliphatic rings. The maximum absolute atomic E-state index is 12.3. The van der Waals surface area contributed by atoms with Gasteiger partial charge in [0.1, 0.15) is 5.66 Å². The van der Waals surface area contributed by atoms with Crippen LogP contribution < -0.4 is 15.1 Å². The SMILES string of the molecule is CN(C)c1ccc(/C=C/C=C/[C@@]23NC(=O)CN2c2ccccc2C3(C)C)cc1. The Balaban J connectivity index is 1.61. The van der Waals surface area contributed by atoms with Crippen molar-refractivity contribution < 1.29 is 4.79 Å². The Labute approximate surface area is 167 Å². The van der Waals surface area contributed by atoms with Crippen LogP contribution in [0.5, 0.6) is 0 Å². The van der Waals surface area contributed by atoms with Gasteiger partial charge in [0, 0.05) is 30.9 Å². The predicted molar refractivity (Wildman–Crippen MR) is 117 cm³/mol. The van der Waals surface area contributed by atoms with Crippen LogP contribution in [0.25, 0.3) is 6.08 Å². The summed E-state index contributed by atoms with van der Waals surface area (Å²) in [5, 5.41) is 3.25. The molecule has 2 aromatic carbocycles. The highest BCUT2D eigenvalue weighted by molar-refractivity contribution is 5.91. The maximum atomic E-state index is 12.3. The maximum Gasteiger partial charge on any atom is 0.241 e. The van der Waals surface area contributed by atoms with Crippen molar-refractivity contribution in [3.8, 4) is 0 Å². The minimum atomic E-state index is -0.535. The number of nitrogens with zero attached hydrogens (tertiary/aromatic N) is 2. The summed E-state index contributed by atoms with van der Waals surface area (Å²) >= 11 is 0. The van der Waals surface area contributed by atoms with E-state index in [2.05, 4.69) is 83.6 Å². The normalized spacial score (nSPS) is 22.6. The molecule has 1 N–H and O–H groups in total. The number of allylic oxidation sites excluding steroid dienone is 2. The van der Waals surface area contributed by atoms with E-state index in [1.807, 2.05) is 32.3 Å². The van der Waals surface area contributed by atoms with Crippen molar-refractivity contribution in [3.05, 3.63) is 77.9 Å². The smallest absolute Gasteiger partial charge is 0.241 e. The first kappa shape index (κ1) is 18.4. The number of amides is 1. The Morgan fingerprint density at radius 3 is 2.46 bits per heavy atom. The van der Waals surface area contributed by atoms with Crippen LogP contribution in [-0.2, 0) is 10.2 Å². The van der Waals surface area contributed by atoms with Gasteiger partial charge in [0.25, 0.3) is 0 Å². The first-order valence-electron chi connectivity index (χ1n) is 9.67. The molecule has 0 spiro atoms. The Morgan fingerprint density at radius 2 is 1.75 bits per heavy atom. The third kappa shape index (κ3) is 2.71. The van der Waals surface area contributed by atoms with Crippen LogP contribution in [0.15, 0.2) is 66.8 Å². The number of hydrogen-bond donors (Lipinski definition) is 1. The van der Waals surface area contributed by atoms with E-state index in [0.717, 1.165) is 11.3 Å². The van der Waals surface area contributed by atoms with E-state index < -0.39 is 5.66 Å². The number of benzene rings is 2. The second-order valence-corrected chi connectivity index (χ2v) is 8.25. The van der Waals surface area contributed by atoms with Gasteiger partial charge in [0.15, 0.2) is 0 Å². The monoisotopic (exact) mass is 373 g/mol. The number of hydrogen-bond acceptors (Lipinski definition) is 3. The minimum Gasteiger partial charge on any atom is -0.378 e. The molecule has 1 fully saturated rings. The number of carbonyl (C=O) groups excluding carboxylic acids is 1. The van der Waals surface area contributed by atoms with E-state index in [9.17, 15) is 4.79 Å². The summed E-state index contributed by atoms with van der Waals surface area (Å²) in [6, 6.07) is 16.8. The van der Waals surface area contributed by atoms with Crippen molar-refractivity contribution in [2.45, 2.75) is 24.9 Å². The van der Waals surface area contributed by atoms with E-state index in [1.165, 1.54) is 11.3 Å². The number of rotatable bonds is 4. The standard InChI is InChI=1S/C24H27N3O/c1-23(2)20-10-5-6-11-21(20)27-17-22(28)25-24(23,27)16-8-7-9-18-12-14-19(15-13-18)26(3)4/h5-16H,17H2,1-4H3,(H,25,28)/b9-7+,16-8+/t24-/m1/s1. The lowest BCUT2D eigenvalue weighted by atomic mass is 9.75. The van der Waals surface area contributed by atoms with Crippen molar-refractivity contribution in [2.75, 3.05) is 30.4 Å². The van der Waals surface area contributed by atoms with Crippen molar-refractivity contribution in [3.63, 3.8) is 0 Å². The fourth-order valence-electron chi connectivity index (χ4n) is 4.38. The van der Waals surface area contributed by atoms with Crippen LogP contribution in [0.4, 0.5) is 11.4 Å². The van der Waals surface area contributed by atoms with Crippen LogP contribution in [0.3, 0.4) is 0 Å². The Bertz CT molecular complexity index is 956. The van der Waals surface area contributed by atoms with Gasteiger partial charge in [0.05, 0.1) is 6.54 Å². The van der Waals surface area contributed by atoms with E-state index >= 15 is 0 Å². The van der Waals surface area contributed by atoms with Crippen LogP contribution in [0, 0.1) is 0 Å². The average Bonchev–Trinajstić information content (AvgIpc) is 3.10. The zero-order valence-corrected chi connectivity index (χ0v) is 16.9. The third-order valence-electron chi connectivity index (χ3n) is 6.03. The van der Waals surface area contributed by atoms with Crippen molar-refractivity contribution in [2.24, 2.45) is 0 Å². The molecule has 4 rings (SSSR count). The molecule has 1 saturated heterocycles. The van der Waals surface area contributed by atoms with Gasteiger partial charge in [-0.15, -0.1) is 0 Å². The summed E-state index contributed by atoms with van der Waals surface area (Å²) in [7, 11) is 4.08. The Morgan fingerprint density at radius 1 is 1.04 bits per heavy atom. The second-order valence-electron chi connectivity index (χ2n) is 8.25. The number of carbonyl (C=O) groups is 1. The number of para-hydroxylation sites is 1. The molecular formula is C24H27N3O. The zero-order valence-electron chi connectivity index (χ0n) is 16.9. The quantitative estimate of drug-likeness (QED) is 0.825. The van der Waals surface area contributed by atoms with Crippen LogP contribution >= 0.6 is 0 Å². The van der Waals surface area contributed by atoms with Gasteiger partial charge in [-0.25, -0.2) is 0 Å². The topological polar surface area (TPSA) is 35.6 Å². The molecule has 2 aromatic rings. The van der Waals surface area contributed by atoms with Gasteiger partial charge < -0.3 is 15.1 Å². The molecule has 0 saturated carbocycles. The predicted octanol–water partition coefficient (Wildman–Crippen LogP) is 3.95. The second kappa shape index (κ2) is 6.55. The highest BCUT2D eigenvalue weighted by Gasteiger charge is 2.59. The summed E-state index contributed by atoms with van der Waals surface area (Å²) in [6.45, 7) is 4.79. The average molecular weight is 374 g/mol. The van der Waals surface area contributed by atoms with Gasteiger partial charge in [-0.3, -0.25) is 4.79 Å². The van der Waals surface area contributed by atoms with Crippen LogP contribution in [0.1, 0.15) is 25.0 Å². The van der Waals surface area contributed by atoms with Gasteiger partial charge in [0.2, 0.25) is 5.91 Å². The van der Waals surface area contributed by atoms with E-state index in [1.54, 1.807) is 0 Å². The molecule has 2 heterocycles.